The first-order chi connectivity index (χ1) is 6.27. The van der Waals surface area contributed by atoms with Crippen molar-refractivity contribution in [3.05, 3.63) is 0 Å². The largest absolute Gasteiger partial charge is 0.470 e. The lowest BCUT2D eigenvalue weighted by Crippen LogP contribution is -2.47. The van der Waals surface area contributed by atoms with Crippen LogP contribution in [0.5, 0.6) is 0 Å². The van der Waals surface area contributed by atoms with Gasteiger partial charge in [-0.1, -0.05) is 0 Å². The van der Waals surface area contributed by atoms with E-state index >= 15 is 0 Å². The summed E-state index contributed by atoms with van der Waals surface area (Å²) in [6.07, 6.45) is -7.24. The molecule has 0 unspecified atom stereocenters. The Morgan fingerprint density at radius 3 is 2.21 bits per heavy atom. The zero-order valence-corrected chi connectivity index (χ0v) is 6.57. The van der Waals surface area contributed by atoms with Gasteiger partial charge in [-0.15, -0.1) is 0 Å². The van der Waals surface area contributed by atoms with Gasteiger partial charge < -0.3 is 9.84 Å². The van der Waals surface area contributed by atoms with E-state index in [0.717, 1.165) is 0 Å². The number of nitrogens with one attached hydrogen (secondary N) is 1. The maximum atomic E-state index is 12.2. The highest BCUT2D eigenvalue weighted by atomic mass is 19.3. The molecule has 0 fully saturated rings. The van der Waals surface area contributed by atoms with E-state index in [1.54, 1.807) is 0 Å². The average molecular weight is 223 g/mol. The summed E-state index contributed by atoms with van der Waals surface area (Å²) in [7, 11) is 0. The van der Waals surface area contributed by atoms with Gasteiger partial charge in [-0.3, -0.25) is 5.32 Å². The van der Waals surface area contributed by atoms with Crippen LogP contribution in [0.1, 0.15) is 0 Å². The third-order valence-electron chi connectivity index (χ3n) is 1.04. The lowest BCUT2D eigenvalue weighted by Gasteiger charge is -2.22. The van der Waals surface area contributed by atoms with E-state index in [-0.39, 0.29) is 0 Å². The molecule has 0 aliphatic rings. The fourth-order valence-corrected chi connectivity index (χ4v) is 0.370. The standard InChI is InChI=1S/C5H6F5NO3/c6-1-4(7,8)5(9,10)14-3(13)11-2-12/h12H,1-2H2,(H,11,13). The zero-order valence-electron chi connectivity index (χ0n) is 6.57. The minimum absolute atomic E-state index is 1.07. The Bertz CT molecular complexity index is 210. The van der Waals surface area contributed by atoms with Crippen molar-refractivity contribution in [3.63, 3.8) is 0 Å². The minimum atomic E-state index is -5.26. The van der Waals surface area contributed by atoms with Gasteiger partial charge in [0, 0.05) is 0 Å². The normalized spacial score (nSPS) is 12.4. The average Bonchev–Trinajstić information content (AvgIpc) is 2.03. The molecule has 0 saturated heterocycles. The zero-order chi connectivity index (χ0) is 11.4. The molecule has 0 aromatic heterocycles. The summed E-state index contributed by atoms with van der Waals surface area (Å²) < 4.78 is 62.8. The molecular weight excluding hydrogens is 217 g/mol. The Labute approximate surface area is 74.6 Å². The first-order valence-electron chi connectivity index (χ1n) is 3.16. The molecule has 0 radical (unpaired) electrons. The molecule has 2 N–H and O–H groups in total. The molecule has 0 saturated carbocycles. The van der Waals surface area contributed by atoms with E-state index in [4.69, 9.17) is 5.11 Å². The Hall–Kier alpha value is -1.12. The Morgan fingerprint density at radius 2 is 1.86 bits per heavy atom. The van der Waals surface area contributed by atoms with Gasteiger partial charge in [0.15, 0.2) is 6.67 Å². The summed E-state index contributed by atoms with van der Waals surface area (Å²) in [5.74, 6) is -5.10. The smallest absolute Gasteiger partial charge is 0.379 e. The summed E-state index contributed by atoms with van der Waals surface area (Å²) in [4.78, 5) is 10.2. The maximum Gasteiger partial charge on any atom is 0.470 e. The van der Waals surface area contributed by atoms with Crippen LogP contribution >= 0.6 is 0 Å². The molecular formula is C5H6F5NO3. The molecule has 14 heavy (non-hydrogen) atoms. The van der Waals surface area contributed by atoms with Crippen molar-refractivity contribution < 1.29 is 36.6 Å². The van der Waals surface area contributed by atoms with Crippen LogP contribution in [0.4, 0.5) is 26.7 Å². The van der Waals surface area contributed by atoms with Gasteiger partial charge in [-0.2, -0.15) is 17.6 Å². The lowest BCUT2D eigenvalue weighted by atomic mass is 10.3. The Morgan fingerprint density at radius 1 is 1.36 bits per heavy atom. The van der Waals surface area contributed by atoms with Gasteiger partial charge in [-0.05, 0) is 0 Å². The van der Waals surface area contributed by atoms with Crippen LogP contribution in [-0.2, 0) is 4.74 Å². The van der Waals surface area contributed by atoms with E-state index in [9.17, 15) is 26.7 Å². The molecule has 0 spiro atoms. The molecule has 0 aliphatic carbocycles. The quantitative estimate of drug-likeness (QED) is 0.549. The van der Waals surface area contributed by atoms with E-state index in [1.165, 1.54) is 5.32 Å². The van der Waals surface area contributed by atoms with E-state index in [1.807, 2.05) is 0 Å². The first kappa shape index (κ1) is 12.9. The molecule has 9 heteroatoms. The summed E-state index contributed by atoms with van der Waals surface area (Å²) in [6.45, 7) is -3.75. The van der Waals surface area contributed by atoms with Crippen LogP contribution in [0, 0.1) is 0 Å². The molecule has 84 valence electrons. The fourth-order valence-electron chi connectivity index (χ4n) is 0.370. The van der Waals surface area contributed by atoms with Gasteiger partial charge in [0.05, 0.1) is 0 Å². The van der Waals surface area contributed by atoms with E-state index in [2.05, 4.69) is 4.74 Å². The molecule has 0 aliphatic heterocycles. The summed E-state index contributed by atoms with van der Waals surface area (Å²) >= 11 is 0. The van der Waals surface area contributed by atoms with Gasteiger partial charge >= 0.3 is 18.1 Å². The van der Waals surface area contributed by atoms with Crippen LogP contribution in [-0.4, -0.2) is 36.6 Å². The molecule has 0 heterocycles. The Kier molecular flexibility index (Phi) is 4.05. The molecule has 4 nitrogen and oxygen atoms in total. The van der Waals surface area contributed by atoms with Crippen LogP contribution in [0.15, 0.2) is 0 Å². The second kappa shape index (κ2) is 4.40. The molecule has 1 amide bonds. The topological polar surface area (TPSA) is 58.6 Å². The number of aliphatic hydroxyl groups is 1. The van der Waals surface area contributed by atoms with Crippen LogP contribution < -0.4 is 5.32 Å². The van der Waals surface area contributed by atoms with Crippen molar-refractivity contribution in [1.82, 2.24) is 5.32 Å². The van der Waals surface area contributed by atoms with Gasteiger partial charge in [-0.25, -0.2) is 9.18 Å². The monoisotopic (exact) mass is 223 g/mol. The van der Waals surface area contributed by atoms with Crippen molar-refractivity contribution in [1.29, 1.82) is 0 Å². The van der Waals surface area contributed by atoms with E-state index in [0.29, 0.717) is 0 Å². The van der Waals surface area contributed by atoms with Crippen LogP contribution in [0.25, 0.3) is 0 Å². The highest BCUT2D eigenvalue weighted by molar-refractivity contribution is 5.67. The van der Waals surface area contributed by atoms with Crippen molar-refractivity contribution in [3.8, 4) is 0 Å². The highest BCUT2D eigenvalue weighted by Gasteiger charge is 2.60. The minimum Gasteiger partial charge on any atom is -0.379 e. The number of hydrogen-bond donors (Lipinski definition) is 2. The fraction of sp³-hybridized carbons (Fsp3) is 0.800. The first-order valence-corrected chi connectivity index (χ1v) is 3.16. The number of hydrogen-bond acceptors (Lipinski definition) is 3. The van der Waals surface area contributed by atoms with Crippen molar-refractivity contribution >= 4 is 6.09 Å². The number of ether oxygens (including phenoxy) is 1. The second-order valence-electron chi connectivity index (χ2n) is 2.08. The molecule has 0 bridgehead atoms. The highest BCUT2D eigenvalue weighted by Crippen LogP contribution is 2.35. The van der Waals surface area contributed by atoms with Gasteiger partial charge in [0.1, 0.15) is 6.73 Å². The SMILES string of the molecule is O=C(NCO)OC(F)(F)C(F)(F)CF. The molecule has 0 aromatic rings. The van der Waals surface area contributed by atoms with Crippen LogP contribution in [0.2, 0.25) is 0 Å². The number of alkyl carbamates (subject to hydrolysis) is 1. The van der Waals surface area contributed by atoms with Gasteiger partial charge in [0.25, 0.3) is 0 Å². The van der Waals surface area contributed by atoms with Gasteiger partial charge in [0.2, 0.25) is 0 Å². The number of carbonyl (C=O) groups is 1. The summed E-state index contributed by atoms with van der Waals surface area (Å²) in [5.41, 5.74) is 0. The summed E-state index contributed by atoms with van der Waals surface area (Å²) in [6, 6.07) is 0. The predicted molar refractivity (Wildman–Crippen MR) is 32.6 cm³/mol. The number of halogens is 5. The third-order valence-corrected chi connectivity index (χ3v) is 1.04. The number of carbonyl (C=O) groups excluding carboxylic acids is 1. The maximum absolute atomic E-state index is 12.2. The molecule has 0 aromatic carbocycles. The second-order valence-corrected chi connectivity index (χ2v) is 2.08. The number of amides is 1. The molecule has 0 atom stereocenters. The van der Waals surface area contributed by atoms with Crippen LogP contribution in [0.3, 0.4) is 0 Å². The molecule has 0 rings (SSSR count). The Balaban J connectivity index is 4.40. The summed E-state index contributed by atoms with van der Waals surface area (Å²) in [5, 5.41) is 9.23. The van der Waals surface area contributed by atoms with Crippen molar-refractivity contribution in [2.75, 3.05) is 13.4 Å². The number of rotatable bonds is 4. The van der Waals surface area contributed by atoms with Crippen molar-refractivity contribution in [2.24, 2.45) is 0 Å². The predicted octanol–water partition coefficient (Wildman–Crippen LogP) is 0.860. The lowest BCUT2D eigenvalue weighted by molar-refractivity contribution is -0.324. The number of aliphatic hydroxyl groups excluding tert-OH is 1. The number of alkyl halides is 5. The van der Waals surface area contributed by atoms with Crippen molar-refractivity contribution in [2.45, 2.75) is 12.0 Å². The third kappa shape index (κ3) is 2.98. The van der Waals surface area contributed by atoms with E-state index < -0.39 is 31.5 Å².